The molecule has 0 radical (unpaired) electrons. The minimum atomic E-state index is -1.06. The Morgan fingerprint density at radius 3 is 2.61 bits per heavy atom. The number of carboxylic acid groups (broad SMARTS) is 1. The summed E-state index contributed by atoms with van der Waals surface area (Å²) in [7, 11) is 0. The molecule has 0 unspecified atom stereocenters. The van der Waals surface area contributed by atoms with Gasteiger partial charge in [-0.05, 0) is 18.2 Å². The summed E-state index contributed by atoms with van der Waals surface area (Å²) in [5, 5.41) is 11.6. The van der Waals surface area contributed by atoms with Gasteiger partial charge in [-0.15, -0.1) is 0 Å². The van der Waals surface area contributed by atoms with Crippen molar-refractivity contribution in [1.82, 2.24) is 9.97 Å². The first-order valence-electron chi connectivity index (χ1n) is 4.98. The first-order valence-corrected chi connectivity index (χ1v) is 4.98. The molecule has 0 aliphatic heterocycles. The average Bonchev–Trinajstić information content (AvgIpc) is 2.27. The van der Waals surface area contributed by atoms with Crippen molar-refractivity contribution in [3.63, 3.8) is 0 Å². The smallest absolute Gasteiger partial charge is 0.335 e. The van der Waals surface area contributed by atoms with Gasteiger partial charge in [0.25, 0.3) is 5.56 Å². The fourth-order valence-electron chi connectivity index (χ4n) is 1.42. The molecule has 7 nitrogen and oxygen atoms in total. The molecule has 0 spiro atoms. The van der Waals surface area contributed by atoms with E-state index < -0.39 is 17.2 Å². The Morgan fingerprint density at radius 2 is 1.94 bits per heavy atom. The van der Waals surface area contributed by atoms with Crippen LogP contribution in [0.2, 0.25) is 0 Å². The summed E-state index contributed by atoms with van der Waals surface area (Å²) in [4.78, 5) is 37.3. The maximum absolute atomic E-state index is 11.1. The van der Waals surface area contributed by atoms with E-state index in [2.05, 4.69) is 10.3 Å². The molecule has 4 N–H and O–H groups in total. The maximum Gasteiger partial charge on any atom is 0.335 e. The van der Waals surface area contributed by atoms with Crippen LogP contribution in [0.3, 0.4) is 0 Å². The minimum absolute atomic E-state index is 0.104. The van der Waals surface area contributed by atoms with Crippen molar-refractivity contribution >= 4 is 17.5 Å². The predicted molar refractivity (Wildman–Crippen MR) is 64.4 cm³/mol. The zero-order valence-electron chi connectivity index (χ0n) is 9.06. The normalized spacial score (nSPS) is 10.0. The van der Waals surface area contributed by atoms with Gasteiger partial charge in [0.1, 0.15) is 5.82 Å². The van der Waals surface area contributed by atoms with E-state index in [-0.39, 0.29) is 11.4 Å². The van der Waals surface area contributed by atoms with Gasteiger partial charge in [0.15, 0.2) is 0 Å². The number of aromatic amines is 2. The van der Waals surface area contributed by atoms with Crippen molar-refractivity contribution in [3.05, 3.63) is 56.7 Å². The second-order valence-electron chi connectivity index (χ2n) is 3.51. The molecule has 0 amide bonds. The third-order valence-electron chi connectivity index (χ3n) is 2.15. The highest BCUT2D eigenvalue weighted by Crippen LogP contribution is 2.14. The van der Waals surface area contributed by atoms with Crippen molar-refractivity contribution < 1.29 is 9.90 Å². The fourth-order valence-corrected chi connectivity index (χ4v) is 1.42. The van der Waals surface area contributed by atoms with E-state index >= 15 is 0 Å². The molecular weight excluding hydrogens is 238 g/mol. The lowest BCUT2D eigenvalue weighted by Gasteiger charge is -2.05. The number of aromatic nitrogens is 2. The Balaban J connectivity index is 2.34. The highest BCUT2D eigenvalue weighted by Gasteiger charge is 2.04. The Kier molecular flexibility index (Phi) is 2.96. The highest BCUT2D eigenvalue weighted by molar-refractivity contribution is 5.89. The molecule has 7 heteroatoms. The number of aromatic carboxylic acids is 1. The highest BCUT2D eigenvalue weighted by atomic mass is 16.4. The van der Waals surface area contributed by atoms with E-state index in [1.165, 1.54) is 12.1 Å². The summed E-state index contributed by atoms with van der Waals surface area (Å²) in [6.45, 7) is 0. The van der Waals surface area contributed by atoms with Crippen LogP contribution in [0.4, 0.5) is 11.5 Å². The molecule has 1 aromatic carbocycles. The van der Waals surface area contributed by atoms with Crippen LogP contribution in [-0.2, 0) is 0 Å². The second kappa shape index (κ2) is 4.58. The zero-order chi connectivity index (χ0) is 13.1. The molecule has 2 rings (SSSR count). The van der Waals surface area contributed by atoms with Crippen LogP contribution in [0.1, 0.15) is 10.4 Å². The summed E-state index contributed by atoms with van der Waals surface area (Å²) in [5.41, 5.74) is -0.627. The molecule has 0 saturated carbocycles. The summed E-state index contributed by atoms with van der Waals surface area (Å²) < 4.78 is 0. The van der Waals surface area contributed by atoms with Crippen LogP contribution in [0, 0.1) is 0 Å². The van der Waals surface area contributed by atoms with E-state index in [0.29, 0.717) is 5.69 Å². The van der Waals surface area contributed by atoms with Gasteiger partial charge >= 0.3 is 11.7 Å². The molecule has 0 atom stereocenters. The van der Waals surface area contributed by atoms with Gasteiger partial charge in [-0.1, -0.05) is 6.07 Å². The molecule has 0 aliphatic carbocycles. The Hall–Kier alpha value is -2.83. The number of anilines is 2. The zero-order valence-corrected chi connectivity index (χ0v) is 9.06. The Morgan fingerprint density at radius 1 is 1.17 bits per heavy atom. The molecule has 0 fully saturated rings. The van der Waals surface area contributed by atoms with Gasteiger partial charge < -0.3 is 10.4 Å². The van der Waals surface area contributed by atoms with Crippen molar-refractivity contribution in [2.75, 3.05) is 5.32 Å². The predicted octanol–water partition coefficient (Wildman–Crippen LogP) is 0.505. The molecule has 1 aromatic heterocycles. The molecule has 18 heavy (non-hydrogen) atoms. The molecule has 0 bridgehead atoms. The SMILES string of the molecule is O=C(O)c1cccc(Nc2cc(=O)[nH]c(=O)[nH]2)c1. The van der Waals surface area contributed by atoms with Crippen LogP contribution >= 0.6 is 0 Å². The van der Waals surface area contributed by atoms with Crippen LogP contribution in [0.15, 0.2) is 39.9 Å². The molecule has 2 aromatic rings. The average molecular weight is 247 g/mol. The van der Waals surface area contributed by atoms with Crippen molar-refractivity contribution in [2.24, 2.45) is 0 Å². The number of nitrogens with one attached hydrogen (secondary N) is 3. The van der Waals surface area contributed by atoms with Crippen LogP contribution in [0.25, 0.3) is 0 Å². The number of rotatable bonds is 3. The number of carboxylic acids is 1. The number of carbonyl (C=O) groups is 1. The van der Waals surface area contributed by atoms with E-state index in [1.807, 2.05) is 4.98 Å². The molecule has 0 saturated heterocycles. The maximum atomic E-state index is 11.1. The number of H-pyrrole nitrogens is 2. The summed E-state index contributed by atoms with van der Waals surface area (Å²) in [5.74, 6) is -0.871. The lowest BCUT2D eigenvalue weighted by Crippen LogP contribution is -2.22. The lowest BCUT2D eigenvalue weighted by atomic mass is 10.2. The fraction of sp³-hybridized carbons (Fsp3) is 0. The topological polar surface area (TPSA) is 115 Å². The largest absolute Gasteiger partial charge is 0.478 e. The van der Waals surface area contributed by atoms with Gasteiger partial charge in [-0.25, -0.2) is 9.59 Å². The summed E-state index contributed by atoms with van der Waals surface area (Å²) >= 11 is 0. The van der Waals surface area contributed by atoms with Gasteiger partial charge in [0, 0.05) is 11.8 Å². The Bertz CT molecular complexity index is 673. The van der Waals surface area contributed by atoms with E-state index in [4.69, 9.17) is 5.11 Å². The van der Waals surface area contributed by atoms with Crippen molar-refractivity contribution in [3.8, 4) is 0 Å². The standard InChI is InChI=1S/C11H9N3O4/c15-9-5-8(13-11(18)14-9)12-7-3-1-2-6(4-7)10(16)17/h1-5H,(H,16,17)(H3,12,13,14,15,18). The first kappa shape index (κ1) is 11.6. The number of benzene rings is 1. The molecular formula is C11H9N3O4. The summed E-state index contributed by atoms with van der Waals surface area (Å²) in [6.07, 6.45) is 0. The van der Waals surface area contributed by atoms with Crippen LogP contribution in [-0.4, -0.2) is 21.0 Å². The van der Waals surface area contributed by atoms with Gasteiger partial charge in [0.05, 0.1) is 5.56 Å². The third-order valence-corrected chi connectivity index (χ3v) is 2.15. The lowest BCUT2D eigenvalue weighted by molar-refractivity contribution is 0.0697. The van der Waals surface area contributed by atoms with Gasteiger partial charge in [-0.2, -0.15) is 0 Å². The minimum Gasteiger partial charge on any atom is -0.478 e. The quantitative estimate of drug-likeness (QED) is 0.630. The third kappa shape index (κ3) is 2.64. The van der Waals surface area contributed by atoms with E-state index in [9.17, 15) is 14.4 Å². The monoisotopic (exact) mass is 247 g/mol. The summed E-state index contributed by atoms with van der Waals surface area (Å²) in [6, 6.07) is 7.16. The van der Waals surface area contributed by atoms with E-state index in [0.717, 1.165) is 6.07 Å². The Labute approximate surface area is 100 Å². The second-order valence-corrected chi connectivity index (χ2v) is 3.51. The molecule has 1 heterocycles. The van der Waals surface area contributed by atoms with E-state index in [1.54, 1.807) is 12.1 Å². The van der Waals surface area contributed by atoms with Crippen LogP contribution in [0.5, 0.6) is 0 Å². The van der Waals surface area contributed by atoms with Gasteiger partial charge in [0.2, 0.25) is 0 Å². The molecule has 0 aliphatic rings. The first-order chi connectivity index (χ1) is 8.54. The van der Waals surface area contributed by atoms with Crippen molar-refractivity contribution in [2.45, 2.75) is 0 Å². The molecule has 92 valence electrons. The van der Waals surface area contributed by atoms with Crippen LogP contribution < -0.4 is 16.6 Å². The van der Waals surface area contributed by atoms with Gasteiger partial charge in [-0.3, -0.25) is 14.8 Å². The van der Waals surface area contributed by atoms with Crippen molar-refractivity contribution in [1.29, 1.82) is 0 Å². The number of hydrogen-bond acceptors (Lipinski definition) is 4. The number of hydrogen-bond donors (Lipinski definition) is 4.